The molecule has 1 unspecified atom stereocenters. The predicted molar refractivity (Wildman–Crippen MR) is 101 cm³/mol. The molecule has 1 aromatic rings. The monoisotopic (exact) mass is 422 g/mol. The Morgan fingerprint density at radius 3 is 2.31 bits per heavy atom. The van der Waals surface area contributed by atoms with Gasteiger partial charge in [0.1, 0.15) is 11.6 Å². The molecule has 0 spiro atoms. The largest absolute Gasteiger partial charge is 0.414 e. The molecule has 0 saturated heterocycles. The van der Waals surface area contributed by atoms with Crippen molar-refractivity contribution in [2.75, 3.05) is 7.11 Å². The zero-order chi connectivity index (χ0) is 21.6. The van der Waals surface area contributed by atoms with Crippen molar-refractivity contribution in [3.05, 3.63) is 41.0 Å². The molecule has 1 aliphatic rings. The van der Waals surface area contributed by atoms with Crippen LogP contribution in [0.25, 0.3) is 5.83 Å². The summed E-state index contributed by atoms with van der Waals surface area (Å²) in [6.45, 7) is 2.12. The van der Waals surface area contributed by atoms with E-state index in [-0.39, 0.29) is 11.1 Å². The van der Waals surface area contributed by atoms with E-state index in [1.807, 2.05) is 0 Å². The first kappa shape index (κ1) is 23.8. The third kappa shape index (κ3) is 6.49. The lowest BCUT2D eigenvalue weighted by atomic mass is 9.79. The van der Waals surface area contributed by atoms with Gasteiger partial charge in [-0.05, 0) is 43.2 Å². The Kier molecular flexibility index (Phi) is 8.61. The van der Waals surface area contributed by atoms with Crippen molar-refractivity contribution in [2.45, 2.75) is 70.6 Å². The highest BCUT2D eigenvalue weighted by atomic mass is 19.4. The number of ether oxygens (including phenoxy) is 1. The molecule has 1 aliphatic carbocycles. The predicted octanol–water partition coefficient (Wildman–Crippen LogP) is 7.55. The van der Waals surface area contributed by atoms with Gasteiger partial charge in [0.05, 0.1) is 0 Å². The number of unbranched alkanes of at least 4 members (excludes halogenated alkanes) is 1. The Hall–Kier alpha value is -1.50. The number of hydrogen-bond donors (Lipinski definition) is 0. The van der Waals surface area contributed by atoms with Crippen molar-refractivity contribution in [3.8, 4) is 0 Å². The van der Waals surface area contributed by atoms with Crippen molar-refractivity contribution in [2.24, 2.45) is 11.8 Å². The van der Waals surface area contributed by atoms with Gasteiger partial charge in [0.25, 0.3) is 0 Å². The van der Waals surface area contributed by atoms with Crippen LogP contribution >= 0.6 is 0 Å². The van der Waals surface area contributed by atoms with Crippen molar-refractivity contribution < 1.29 is 31.1 Å². The second-order valence-electron chi connectivity index (χ2n) is 7.80. The Labute approximate surface area is 168 Å². The minimum atomic E-state index is -4.65. The van der Waals surface area contributed by atoms with Crippen LogP contribution in [0.5, 0.6) is 0 Å². The quantitative estimate of drug-likeness (QED) is 0.393. The van der Waals surface area contributed by atoms with Gasteiger partial charge in [0.2, 0.25) is 0 Å². The molecule has 1 fully saturated rings. The second-order valence-corrected chi connectivity index (χ2v) is 7.80. The molecule has 0 aliphatic heterocycles. The molecule has 0 radical (unpaired) electrons. The van der Waals surface area contributed by atoms with Crippen LogP contribution in [0.1, 0.15) is 63.0 Å². The van der Waals surface area contributed by atoms with Crippen molar-refractivity contribution in [1.29, 1.82) is 0 Å². The minimum Gasteiger partial charge on any atom is -0.372 e. The first-order chi connectivity index (χ1) is 13.7. The molecule has 7 heteroatoms. The van der Waals surface area contributed by atoms with Gasteiger partial charge in [-0.25, -0.2) is 13.2 Å². The summed E-state index contributed by atoms with van der Waals surface area (Å²) in [5.74, 6) is -3.03. The van der Waals surface area contributed by atoms with Gasteiger partial charge in [-0.3, -0.25) is 0 Å². The lowest BCUT2D eigenvalue weighted by molar-refractivity contribution is -0.212. The Balaban J connectivity index is 2.08. The zero-order valence-electron chi connectivity index (χ0n) is 16.8. The van der Waals surface area contributed by atoms with E-state index in [0.29, 0.717) is 18.8 Å². The lowest BCUT2D eigenvalue weighted by Crippen LogP contribution is -2.32. The highest BCUT2D eigenvalue weighted by Gasteiger charge is 2.40. The smallest absolute Gasteiger partial charge is 0.372 e. The molecular formula is C22H28F6O. The SMILES string of the molecule is CCCCC1CCC(/C(F)=C(/F)c2ccc(CC(OC)C(F)(F)F)c(F)c2)CC1. The van der Waals surface area contributed by atoms with Crippen molar-refractivity contribution in [1.82, 2.24) is 0 Å². The zero-order valence-corrected chi connectivity index (χ0v) is 16.8. The van der Waals surface area contributed by atoms with Crippen molar-refractivity contribution >= 4 is 5.83 Å². The van der Waals surface area contributed by atoms with Crippen LogP contribution in [0.2, 0.25) is 0 Å². The summed E-state index contributed by atoms with van der Waals surface area (Å²) >= 11 is 0. The highest BCUT2D eigenvalue weighted by Crippen LogP contribution is 2.39. The molecule has 164 valence electrons. The van der Waals surface area contributed by atoms with Gasteiger partial charge in [-0.15, -0.1) is 0 Å². The van der Waals surface area contributed by atoms with Gasteiger partial charge in [0.15, 0.2) is 11.9 Å². The first-order valence-electron chi connectivity index (χ1n) is 10.1. The van der Waals surface area contributed by atoms with E-state index in [2.05, 4.69) is 11.7 Å². The van der Waals surface area contributed by atoms with E-state index >= 15 is 0 Å². The number of rotatable bonds is 8. The molecule has 1 nitrogen and oxygen atoms in total. The number of allylic oxidation sites excluding steroid dienone is 1. The molecule has 0 heterocycles. The van der Waals surface area contributed by atoms with E-state index in [1.165, 1.54) is 0 Å². The summed E-state index contributed by atoms with van der Waals surface area (Å²) in [7, 11) is 0.888. The number of hydrogen-bond acceptors (Lipinski definition) is 1. The molecule has 0 aromatic heterocycles. The maximum atomic E-state index is 14.6. The van der Waals surface area contributed by atoms with Crippen LogP contribution in [0, 0.1) is 17.7 Å². The summed E-state index contributed by atoms with van der Waals surface area (Å²) in [6, 6.07) is 2.92. The molecule has 0 amide bonds. The Bertz CT molecular complexity index is 689. The van der Waals surface area contributed by atoms with Crippen LogP contribution in [0.15, 0.2) is 24.0 Å². The maximum Gasteiger partial charge on any atom is 0.414 e. The fourth-order valence-electron chi connectivity index (χ4n) is 3.90. The van der Waals surface area contributed by atoms with E-state index in [1.54, 1.807) is 0 Å². The third-order valence-corrected chi connectivity index (χ3v) is 5.74. The summed E-state index contributed by atoms with van der Waals surface area (Å²) in [5.41, 5.74) is -0.555. The molecule has 1 aromatic carbocycles. The summed E-state index contributed by atoms with van der Waals surface area (Å²) in [5, 5.41) is 0. The first-order valence-corrected chi connectivity index (χ1v) is 10.1. The number of halogens is 6. The molecule has 29 heavy (non-hydrogen) atoms. The van der Waals surface area contributed by atoms with E-state index in [9.17, 15) is 26.3 Å². The van der Waals surface area contributed by atoms with E-state index < -0.39 is 42.1 Å². The summed E-state index contributed by atoms with van der Waals surface area (Å²) in [4.78, 5) is 0. The molecule has 0 N–H and O–H groups in total. The summed E-state index contributed by atoms with van der Waals surface area (Å²) < 4.78 is 86.2. The number of alkyl halides is 3. The van der Waals surface area contributed by atoms with Crippen molar-refractivity contribution in [3.63, 3.8) is 0 Å². The van der Waals surface area contributed by atoms with Crippen LogP contribution in [0.4, 0.5) is 26.3 Å². The van der Waals surface area contributed by atoms with E-state index in [0.717, 1.165) is 57.4 Å². The Morgan fingerprint density at radius 1 is 1.14 bits per heavy atom. The Morgan fingerprint density at radius 2 is 1.79 bits per heavy atom. The fourth-order valence-corrected chi connectivity index (χ4v) is 3.90. The topological polar surface area (TPSA) is 9.23 Å². The number of benzene rings is 1. The lowest BCUT2D eigenvalue weighted by Gasteiger charge is -2.27. The molecule has 1 saturated carbocycles. The maximum absolute atomic E-state index is 14.6. The summed E-state index contributed by atoms with van der Waals surface area (Å²) in [6.07, 6.45) is -1.42. The van der Waals surface area contributed by atoms with Crippen LogP contribution in [0.3, 0.4) is 0 Å². The van der Waals surface area contributed by atoms with Gasteiger partial charge in [-0.2, -0.15) is 13.2 Å². The average molecular weight is 422 g/mol. The van der Waals surface area contributed by atoms with Crippen LogP contribution < -0.4 is 0 Å². The fraction of sp³-hybridized carbons (Fsp3) is 0.636. The number of methoxy groups -OCH3 is 1. The van der Waals surface area contributed by atoms with Gasteiger partial charge in [-0.1, -0.05) is 38.3 Å². The highest BCUT2D eigenvalue weighted by molar-refractivity contribution is 5.61. The van der Waals surface area contributed by atoms with Gasteiger partial charge >= 0.3 is 6.18 Å². The third-order valence-electron chi connectivity index (χ3n) is 5.74. The van der Waals surface area contributed by atoms with Crippen LogP contribution in [-0.2, 0) is 11.2 Å². The van der Waals surface area contributed by atoms with Gasteiger partial charge < -0.3 is 4.74 Å². The standard InChI is InChI=1S/C22H28F6O/c1-3-4-5-14-6-8-15(9-7-14)20(24)21(25)17-11-10-16(18(23)12-17)13-19(29-2)22(26,27)28/h10-12,14-15,19H,3-9,13H2,1-2H3/b21-20-. The molecular weight excluding hydrogens is 394 g/mol. The van der Waals surface area contributed by atoms with Gasteiger partial charge in [0, 0.05) is 25.0 Å². The average Bonchev–Trinajstić information content (AvgIpc) is 2.69. The minimum absolute atomic E-state index is 0.262. The normalized spacial score (nSPS) is 22.3. The molecule has 0 bridgehead atoms. The molecule has 1 atom stereocenters. The van der Waals surface area contributed by atoms with E-state index in [4.69, 9.17) is 0 Å². The molecule has 2 rings (SSSR count). The van der Waals surface area contributed by atoms with Crippen LogP contribution in [-0.4, -0.2) is 19.4 Å². The second kappa shape index (κ2) is 10.5.